The number of hydrogen-bond donors (Lipinski definition) is 2. The van der Waals surface area contributed by atoms with E-state index in [0.717, 1.165) is 17.3 Å². The smallest absolute Gasteiger partial charge is 0.337 e. The molecule has 2 N–H and O–H groups in total. The van der Waals surface area contributed by atoms with E-state index < -0.39 is 17.7 Å². The number of aryl methyl sites for hydroxylation is 1. The third kappa shape index (κ3) is 5.74. The minimum atomic E-state index is -0.979. The fourth-order valence-electron chi connectivity index (χ4n) is 3.50. The van der Waals surface area contributed by atoms with Crippen LogP contribution in [0.4, 0.5) is 10.1 Å². The summed E-state index contributed by atoms with van der Waals surface area (Å²) in [6, 6.07) is 15.5. The molecule has 0 saturated heterocycles. The standard InChI is InChI=1S/C26H24FN3O3S/c1-4-13-33-26(32)23-17(3)29-25(20(14-28)24(23)19-7-5-6-8-21(19)27)34-15-22(31)30-18-11-9-16(2)10-12-18/h4-12,24,29H,1,13,15H2,2-3H3,(H,30,31). The average molecular weight is 478 g/mol. The molecule has 0 bridgehead atoms. The first kappa shape index (κ1) is 24.8. The van der Waals surface area contributed by atoms with Gasteiger partial charge < -0.3 is 15.4 Å². The Kier molecular flexibility index (Phi) is 8.28. The molecule has 0 radical (unpaired) electrons. The zero-order valence-electron chi connectivity index (χ0n) is 18.9. The highest BCUT2D eigenvalue weighted by molar-refractivity contribution is 8.03. The van der Waals surface area contributed by atoms with Crippen molar-refractivity contribution in [2.75, 3.05) is 17.7 Å². The van der Waals surface area contributed by atoms with Gasteiger partial charge >= 0.3 is 5.97 Å². The zero-order chi connectivity index (χ0) is 24.7. The molecule has 6 nitrogen and oxygen atoms in total. The maximum atomic E-state index is 14.8. The number of nitriles is 1. The van der Waals surface area contributed by atoms with Gasteiger partial charge in [0.2, 0.25) is 5.91 Å². The molecule has 2 aromatic rings. The van der Waals surface area contributed by atoms with Crippen molar-refractivity contribution in [2.45, 2.75) is 19.8 Å². The molecule has 0 aromatic heterocycles. The van der Waals surface area contributed by atoms with Crippen molar-refractivity contribution in [1.29, 1.82) is 5.26 Å². The van der Waals surface area contributed by atoms with Crippen molar-refractivity contribution in [3.63, 3.8) is 0 Å². The van der Waals surface area contributed by atoms with E-state index in [1.165, 1.54) is 24.3 Å². The van der Waals surface area contributed by atoms with Crippen LogP contribution in [0.5, 0.6) is 0 Å². The van der Waals surface area contributed by atoms with Crippen molar-refractivity contribution in [1.82, 2.24) is 5.32 Å². The topological polar surface area (TPSA) is 91.2 Å². The molecule has 0 saturated carbocycles. The second-order valence-electron chi connectivity index (χ2n) is 7.56. The van der Waals surface area contributed by atoms with Crippen LogP contribution >= 0.6 is 11.8 Å². The summed E-state index contributed by atoms with van der Waals surface area (Å²) < 4.78 is 20.0. The number of carbonyl (C=O) groups is 2. The number of nitrogens with zero attached hydrogens (tertiary/aromatic N) is 1. The van der Waals surface area contributed by atoms with E-state index in [4.69, 9.17) is 4.74 Å². The number of rotatable bonds is 8. The fourth-order valence-corrected chi connectivity index (χ4v) is 4.39. The van der Waals surface area contributed by atoms with E-state index in [2.05, 4.69) is 23.3 Å². The van der Waals surface area contributed by atoms with Crippen molar-refractivity contribution in [3.05, 3.63) is 100 Å². The second-order valence-corrected chi connectivity index (χ2v) is 8.55. The molecule has 1 aliphatic heterocycles. The second kappa shape index (κ2) is 11.3. The van der Waals surface area contributed by atoms with E-state index >= 15 is 0 Å². The third-order valence-corrected chi connectivity index (χ3v) is 6.12. The van der Waals surface area contributed by atoms with Gasteiger partial charge in [0.25, 0.3) is 0 Å². The predicted octanol–water partition coefficient (Wildman–Crippen LogP) is 4.93. The summed E-state index contributed by atoms with van der Waals surface area (Å²) >= 11 is 1.11. The minimum Gasteiger partial charge on any atom is -0.458 e. The van der Waals surface area contributed by atoms with Crippen LogP contribution in [0.15, 0.2) is 83.1 Å². The molecule has 1 aliphatic rings. The molecular weight excluding hydrogens is 453 g/mol. The van der Waals surface area contributed by atoms with E-state index in [9.17, 15) is 19.2 Å². The lowest BCUT2D eigenvalue weighted by atomic mass is 9.82. The summed E-state index contributed by atoms with van der Waals surface area (Å²) in [5, 5.41) is 16.2. The number of anilines is 1. The highest BCUT2D eigenvalue weighted by Gasteiger charge is 2.37. The quantitative estimate of drug-likeness (QED) is 0.414. The van der Waals surface area contributed by atoms with Crippen molar-refractivity contribution in [2.24, 2.45) is 0 Å². The number of carbonyl (C=O) groups excluding carboxylic acids is 2. The van der Waals surface area contributed by atoms with Gasteiger partial charge in [-0.3, -0.25) is 4.79 Å². The Labute approximate surface area is 202 Å². The Balaban J connectivity index is 1.91. The summed E-state index contributed by atoms with van der Waals surface area (Å²) in [6.07, 6.45) is 1.43. The van der Waals surface area contributed by atoms with Gasteiger partial charge in [-0.1, -0.05) is 60.3 Å². The number of ether oxygens (including phenoxy) is 1. The molecule has 1 amide bonds. The Morgan fingerprint density at radius 2 is 1.94 bits per heavy atom. The van der Waals surface area contributed by atoms with Gasteiger partial charge in [0.15, 0.2) is 0 Å². The van der Waals surface area contributed by atoms with Crippen molar-refractivity contribution >= 4 is 29.3 Å². The van der Waals surface area contributed by atoms with Crippen LogP contribution in [0.1, 0.15) is 24.0 Å². The number of thioether (sulfide) groups is 1. The van der Waals surface area contributed by atoms with Crippen LogP contribution in [0, 0.1) is 24.1 Å². The molecule has 0 spiro atoms. The summed E-state index contributed by atoms with van der Waals surface area (Å²) in [4.78, 5) is 25.3. The summed E-state index contributed by atoms with van der Waals surface area (Å²) in [5.41, 5.74) is 2.60. The van der Waals surface area contributed by atoms with Crippen LogP contribution in [0.3, 0.4) is 0 Å². The molecule has 8 heteroatoms. The number of esters is 1. The first-order chi connectivity index (χ1) is 16.3. The molecular formula is C26H24FN3O3S. The lowest BCUT2D eigenvalue weighted by Crippen LogP contribution is -2.30. The van der Waals surface area contributed by atoms with E-state index in [1.54, 1.807) is 25.1 Å². The number of amides is 1. The minimum absolute atomic E-state index is 0.00883. The van der Waals surface area contributed by atoms with Gasteiger partial charge in [-0.25, -0.2) is 9.18 Å². The predicted molar refractivity (Wildman–Crippen MR) is 131 cm³/mol. The summed E-state index contributed by atoms with van der Waals surface area (Å²) in [5.74, 6) is -2.46. The summed E-state index contributed by atoms with van der Waals surface area (Å²) in [7, 11) is 0. The SMILES string of the molecule is C=CCOC(=O)C1=C(C)NC(SCC(=O)Nc2ccc(C)cc2)=C(C#N)C1c1ccccc1F. The van der Waals surface area contributed by atoms with E-state index in [1.807, 2.05) is 19.1 Å². The van der Waals surface area contributed by atoms with E-state index in [0.29, 0.717) is 16.4 Å². The number of benzene rings is 2. The molecule has 174 valence electrons. The monoisotopic (exact) mass is 477 g/mol. The summed E-state index contributed by atoms with van der Waals surface area (Å²) in [6.45, 7) is 7.12. The molecule has 1 heterocycles. The Bertz CT molecular complexity index is 1210. The number of halogens is 1. The molecule has 2 aromatic carbocycles. The van der Waals surface area contributed by atoms with Gasteiger partial charge in [0, 0.05) is 16.9 Å². The van der Waals surface area contributed by atoms with E-state index in [-0.39, 0.29) is 35.0 Å². The van der Waals surface area contributed by atoms with Gasteiger partial charge in [-0.2, -0.15) is 5.26 Å². The van der Waals surface area contributed by atoms with Crippen LogP contribution in [-0.2, 0) is 14.3 Å². The van der Waals surface area contributed by atoms with Crippen molar-refractivity contribution in [3.8, 4) is 6.07 Å². The number of nitrogens with one attached hydrogen (secondary N) is 2. The van der Waals surface area contributed by atoms with Gasteiger partial charge in [0.05, 0.1) is 33.9 Å². The molecule has 1 unspecified atom stereocenters. The lowest BCUT2D eigenvalue weighted by molar-refractivity contribution is -0.138. The van der Waals surface area contributed by atoms with Gasteiger partial charge in [0.1, 0.15) is 12.4 Å². The maximum Gasteiger partial charge on any atom is 0.337 e. The first-order valence-corrected chi connectivity index (χ1v) is 11.5. The zero-order valence-corrected chi connectivity index (χ0v) is 19.7. The molecule has 1 atom stereocenters. The molecule has 34 heavy (non-hydrogen) atoms. The molecule has 3 rings (SSSR count). The maximum absolute atomic E-state index is 14.8. The van der Waals surface area contributed by atoms with Crippen LogP contribution in [0.25, 0.3) is 0 Å². The lowest BCUT2D eigenvalue weighted by Gasteiger charge is -2.29. The van der Waals surface area contributed by atoms with Crippen LogP contribution in [0.2, 0.25) is 0 Å². The van der Waals surface area contributed by atoms with Crippen molar-refractivity contribution < 1.29 is 18.7 Å². The first-order valence-electron chi connectivity index (χ1n) is 10.5. The number of hydrogen-bond acceptors (Lipinski definition) is 6. The Morgan fingerprint density at radius 1 is 1.24 bits per heavy atom. The molecule has 0 fully saturated rings. The Morgan fingerprint density at radius 3 is 2.59 bits per heavy atom. The Hall–Kier alpha value is -3.83. The van der Waals surface area contributed by atoms with Crippen LogP contribution in [-0.4, -0.2) is 24.2 Å². The fraction of sp³-hybridized carbons (Fsp3) is 0.192. The normalized spacial score (nSPS) is 15.3. The third-order valence-electron chi connectivity index (χ3n) is 5.10. The highest BCUT2D eigenvalue weighted by Crippen LogP contribution is 2.41. The molecule has 0 aliphatic carbocycles. The highest BCUT2D eigenvalue weighted by atomic mass is 32.2. The number of allylic oxidation sites excluding steroid dienone is 2. The largest absolute Gasteiger partial charge is 0.458 e. The number of dihydropyridines is 1. The van der Waals surface area contributed by atoms with Crippen LogP contribution < -0.4 is 10.6 Å². The van der Waals surface area contributed by atoms with Gasteiger partial charge in [-0.05, 0) is 32.0 Å². The average Bonchev–Trinajstić information content (AvgIpc) is 2.82. The van der Waals surface area contributed by atoms with Gasteiger partial charge in [-0.15, -0.1) is 0 Å².